The van der Waals surface area contributed by atoms with Gasteiger partial charge in [0.15, 0.2) is 0 Å². The highest BCUT2D eigenvalue weighted by atomic mass is 35.5. The Hall–Kier alpha value is -2.61. The third-order valence-corrected chi connectivity index (χ3v) is 7.53. The number of aromatic nitrogens is 2. The van der Waals surface area contributed by atoms with E-state index >= 15 is 0 Å². The zero-order chi connectivity index (χ0) is 20.2. The van der Waals surface area contributed by atoms with E-state index < -0.39 is 10.0 Å². The molecule has 0 saturated carbocycles. The number of hydrogen-bond acceptors (Lipinski definition) is 4. The van der Waals surface area contributed by atoms with Crippen LogP contribution in [0.1, 0.15) is 11.3 Å². The predicted molar refractivity (Wildman–Crippen MR) is 113 cm³/mol. The minimum Gasteiger partial charge on any atom is -0.497 e. The smallest absolute Gasteiger partial charge is 0.243 e. The van der Waals surface area contributed by atoms with Crippen LogP contribution in [0.2, 0.25) is 5.02 Å². The number of aromatic amines is 1. The van der Waals surface area contributed by atoms with Gasteiger partial charge in [0, 0.05) is 47.2 Å². The minimum absolute atomic E-state index is 0.264. The first kappa shape index (κ1) is 18.4. The number of rotatable bonds is 3. The summed E-state index contributed by atoms with van der Waals surface area (Å²) in [6.07, 6.45) is 2.42. The molecule has 0 unspecified atom stereocenters. The third-order valence-electron chi connectivity index (χ3n) is 5.44. The van der Waals surface area contributed by atoms with Crippen molar-refractivity contribution in [3.05, 3.63) is 64.9 Å². The molecule has 2 aromatic carbocycles. The number of nitrogens with one attached hydrogen (secondary N) is 1. The number of ether oxygens (including phenoxy) is 1. The standard InChI is InChI=1S/C21H18ClN3O3S/c1-28-14-3-5-15(6-4-14)29(26,27)25-9-8-19-18(12-25)17-11-23-20-10-13(22)2-7-16(20)21(17)24-19/h2-7,10-11,24H,8-9,12H2,1H3. The number of benzene rings is 2. The lowest BCUT2D eigenvalue weighted by molar-refractivity contribution is 0.391. The zero-order valence-electron chi connectivity index (χ0n) is 15.6. The Morgan fingerprint density at radius 3 is 2.69 bits per heavy atom. The molecule has 0 spiro atoms. The summed E-state index contributed by atoms with van der Waals surface area (Å²) >= 11 is 6.09. The molecule has 148 valence electrons. The topological polar surface area (TPSA) is 75.3 Å². The lowest BCUT2D eigenvalue weighted by Gasteiger charge is -2.26. The van der Waals surface area contributed by atoms with Crippen molar-refractivity contribution in [2.75, 3.05) is 13.7 Å². The highest BCUT2D eigenvalue weighted by Crippen LogP contribution is 2.34. The van der Waals surface area contributed by atoms with E-state index in [1.165, 1.54) is 4.31 Å². The van der Waals surface area contributed by atoms with E-state index in [0.717, 1.165) is 33.1 Å². The molecule has 8 heteroatoms. The molecule has 0 atom stereocenters. The largest absolute Gasteiger partial charge is 0.497 e. The number of methoxy groups -OCH3 is 1. The second-order valence-corrected chi connectivity index (χ2v) is 9.43. The van der Waals surface area contributed by atoms with Crippen LogP contribution in [0.5, 0.6) is 5.75 Å². The molecule has 0 bridgehead atoms. The van der Waals surface area contributed by atoms with Gasteiger partial charge in [-0.05, 0) is 48.0 Å². The average molecular weight is 428 g/mol. The van der Waals surface area contributed by atoms with Crippen molar-refractivity contribution >= 4 is 43.4 Å². The van der Waals surface area contributed by atoms with Gasteiger partial charge < -0.3 is 9.72 Å². The Balaban J connectivity index is 1.56. The monoisotopic (exact) mass is 427 g/mol. The van der Waals surface area contributed by atoms with Crippen LogP contribution in [0.3, 0.4) is 0 Å². The molecule has 1 N–H and O–H groups in total. The number of halogens is 1. The Labute approximate surface area is 173 Å². The summed E-state index contributed by atoms with van der Waals surface area (Å²) in [5, 5.41) is 2.56. The lowest BCUT2D eigenvalue weighted by Crippen LogP contribution is -2.35. The van der Waals surface area contributed by atoms with E-state index in [2.05, 4.69) is 9.97 Å². The molecule has 0 amide bonds. The summed E-state index contributed by atoms with van der Waals surface area (Å²) in [5.74, 6) is 0.625. The van der Waals surface area contributed by atoms with E-state index in [9.17, 15) is 8.42 Å². The van der Waals surface area contributed by atoms with Gasteiger partial charge in [0.2, 0.25) is 10.0 Å². The Morgan fingerprint density at radius 1 is 1.14 bits per heavy atom. The first-order valence-corrected chi connectivity index (χ1v) is 11.0. The van der Waals surface area contributed by atoms with Crippen LogP contribution in [-0.4, -0.2) is 36.3 Å². The van der Waals surface area contributed by atoms with E-state index in [-0.39, 0.29) is 4.90 Å². The Morgan fingerprint density at radius 2 is 1.93 bits per heavy atom. The van der Waals surface area contributed by atoms with Gasteiger partial charge in [0.1, 0.15) is 5.75 Å². The maximum absolute atomic E-state index is 13.1. The molecular weight excluding hydrogens is 410 g/mol. The number of pyridine rings is 1. The van der Waals surface area contributed by atoms with Crippen LogP contribution in [0.15, 0.2) is 53.6 Å². The summed E-state index contributed by atoms with van der Waals surface area (Å²) in [7, 11) is -2.04. The maximum atomic E-state index is 13.1. The maximum Gasteiger partial charge on any atom is 0.243 e. The van der Waals surface area contributed by atoms with E-state index in [1.807, 2.05) is 18.2 Å². The molecule has 1 aliphatic heterocycles. The van der Waals surface area contributed by atoms with Gasteiger partial charge in [0.25, 0.3) is 0 Å². The molecule has 1 aliphatic rings. The molecule has 0 aliphatic carbocycles. The van der Waals surface area contributed by atoms with Crippen molar-refractivity contribution in [2.24, 2.45) is 0 Å². The number of sulfonamides is 1. The van der Waals surface area contributed by atoms with Crippen molar-refractivity contribution < 1.29 is 13.2 Å². The first-order chi connectivity index (χ1) is 14.0. The second kappa shape index (κ2) is 6.73. The Bertz CT molecular complexity index is 1350. The van der Waals surface area contributed by atoms with Gasteiger partial charge in [-0.3, -0.25) is 4.98 Å². The number of nitrogens with zero attached hydrogens (tertiary/aromatic N) is 2. The fourth-order valence-electron chi connectivity index (χ4n) is 3.91. The van der Waals surface area contributed by atoms with Crippen molar-refractivity contribution in [2.45, 2.75) is 17.9 Å². The molecule has 0 saturated heterocycles. The molecule has 0 fully saturated rings. The average Bonchev–Trinajstić information content (AvgIpc) is 3.11. The highest BCUT2D eigenvalue weighted by Gasteiger charge is 2.30. The van der Waals surface area contributed by atoms with E-state index in [0.29, 0.717) is 30.3 Å². The van der Waals surface area contributed by atoms with Gasteiger partial charge >= 0.3 is 0 Å². The SMILES string of the molecule is COc1ccc(S(=O)(=O)N2CCc3[nH]c4c(cnc5cc(Cl)ccc54)c3C2)cc1. The number of hydrogen-bond donors (Lipinski definition) is 1. The second-order valence-electron chi connectivity index (χ2n) is 7.05. The van der Waals surface area contributed by atoms with Crippen molar-refractivity contribution in [3.63, 3.8) is 0 Å². The normalized spacial score (nSPS) is 15.0. The van der Waals surface area contributed by atoms with Gasteiger partial charge in [-0.25, -0.2) is 8.42 Å². The molecule has 29 heavy (non-hydrogen) atoms. The molecule has 5 rings (SSSR count). The van der Waals surface area contributed by atoms with Crippen molar-refractivity contribution in [3.8, 4) is 5.75 Å². The summed E-state index contributed by atoms with van der Waals surface area (Å²) in [4.78, 5) is 8.28. The Kier molecular flexibility index (Phi) is 4.27. The molecule has 3 heterocycles. The zero-order valence-corrected chi connectivity index (χ0v) is 17.2. The van der Waals surface area contributed by atoms with Gasteiger partial charge in [-0.15, -0.1) is 0 Å². The quantitative estimate of drug-likeness (QED) is 0.533. The van der Waals surface area contributed by atoms with Crippen LogP contribution in [0.25, 0.3) is 21.8 Å². The molecule has 0 radical (unpaired) electrons. The minimum atomic E-state index is -3.60. The van der Waals surface area contributed by atoms with Crippen molar-refractivity contribution in [1.29, 1.82) is 0 Å². The lowest BCUT2D eigenvalue weighted by atomic mass is 10.1. The van der Waals surface area contributed by atoms with Gasteiger partial charge in [0.05, 0.1) is 23.0 Å². The van der Waals surface area contributed by atoms with Crippen LogP contribution in [-0.2, 0) is 23.0 Å². The van der Waals surface area contributed by atoms with Crippen molar-refractivity contribution in [1.82, 2.24) is 14.3 Å². The predicted octanol–water partition coefficient (Wildman–Crippen LogP) is 4.13. The van der Waals surface area contributed by atoms with Crippen LogP contribution < -0.4 is 4.74 Å². The third kappa shape index (κ3) is 2.97. The highest BCUT2D eigenvalue weighted by molar-refractivity contribution is 7.89. The van der Waals surface area contributed by atoms with E-state index in [4.69, 9.17) is 16.3 Å². The molecule has 6 nitrogen and oxygen atoms in total. The summed E-state index contributed by atoms with van der Waals surface area (Å²) < 4.78 is 32.9. The van der Waals surface area contributed by atoms with E-state index in [1.54, 1.807) is 37.6 Å². The number of fused-ring (bicyclic) bond motifs is 5. The van der Waals surface area contributed by atoms with Crippen LogP contribution in [0, 0.1) is 0 Å². The molecule has 2 aromatic heterocycles. The number of H-pyrrole nitrogens is 1. The van der Waals surface area contributed by atoms with Crippen LogP contribution >= 0.6 is 11.6 Å². The van der Waals surface area contributed by atoms with Gasteiger partial charge in [-0.1, -0.05) is 11.6 Å². The van der Waals surface area contributed by atoms with Crippen LogP contribution in [0.4, 0.5) is 0 Å². The fraction of sp³-hybridized carbons (Fsp3) is 0.190. The summed E-state index contributed by atoms with van der Waals surface area (Å²) in [6.45, 7) is 0.732. The first-order valence-electron chi connectivity index (χ1n) is 9.19. The summed E-state index contributed by atoms with van der Waals surface area (Å²) in [6, 6.07) is 12.1. The summed E-state index contributed by atoms with van der Waals surface area (Å²) in [5.41, 5.74) is 3.82. The molecule has 4 aromatic rings. The van der Waals surface area contributed by atoms with Gasteiger partial charge in [-0.2, -0.15) is 4.31 Å². The molecular formula is C21H18ClN3O3S. The fourth-order valence-corrected chi connectivity index (χ4v) is 5.48.